The first-order valence-electron chi connectivity index (χ1n) is 5.82. The first kappa shape index (κ1) is 14.1. The summed E-state index contributed by atoms with van der Waals surface area (Å²) >= 11 is 9.24. The number of hydrogen-bond acceptors (Lipinski definition) is 1. The van der Waals surface area contributed by atoms with Gasteiger partial charge in [-0.15, -0.1) is 0 Å². The van der Waals surface area contributed by atoms with Gasteiger partial charge in [-0.1, -0.05) is 35.9 Å². The molecular formula is C15H13BrClNO. The molecule has 1 amide bonds. The van der Waals surface area contributed by atoms with E-state index in [-0.39, 0.29) is 5.91 Å². The molecule has 19 heavy (non-hydrogen) atoms. The lowest BCUT2D eigenvalue weighted by molar-refractivity contribution is 0.0784. The van der Waals surface area contributed by atoms with Gasteiger partial charge in [0.25, 0.3) is 5.91 Å². The lowest BCUT2D eigenvalue weighted by Gasteiger charge is -2.18. The molecule has 0 aliphatic rings. The molecular weight excluding hydrogens is 326 g/mol. The van der Waals surface area contributed by atoms with Crippen molar-refractivity contribution in [3.63, 3.8) is 0 Å². The van der Waals surface area contributed by atoms with Gasteiger partial charge >= 0.3 is 0 Å². The minimum Gasteiger partial charge on any atom is -0.337 e. The summed E-state index contributed by atoms with van der Waals surface area (Å²) in [5.74, 6) is -0.0116. The molecule has 0 spiro atoms. The van der Waals surface area contributed by atoms with Crippen LogP contribution in [0.5, 0.6) is 0 Å². The van der Waals surface area contributed by atoms with E-state index < -0.39 is 0 Å². The Morgan fingerprint density at radius 3 is 2.42 bits per heavy atom. The highest BCUT2D eigenvalue weighted by molar-refractivity contribution is 9.10. The molecule has 0 heterocycles. The second-order valence-electron chi connectivity index (χ2n) is 4.27. The van der Waals surface area contributed by atoms with Crippen molar-refractivity contribution in [2.45, 2.75) is 6.54 Å². The average Bonchev–Trinajstić information content (AvgIpc) is 2.41. The van der Waals surface area contributed by atoms with Crippen LogP contribution in [0.3, 0.4) is 0 Å². The molecule has 2 aromatic rings. The van der Waals surface area contributed by atoms with Crippen LogP contribution in [0.25, 0.3) is 0 Å². The van der Waals surface area contributed by atoms with Crippen LogP contribution in [0.4, 0.5) is 0 Å². The first-order valence-corrected chi connectivity index (χ1v) is 6.99. The van der Waals surface area contributed by atoms with E-state index in [1.165, 1.54) is 0 Å². The van der Waals surface area contributed by atoms with Gasteiger partial charge in [0.05, 0.1) is 5.56 Å². The highest BCUT2D eigenvalue weighted by atomic mass is 79.9. The molecule has 0 bridgehead atoms. The summed E-state index contributed by atoms with van der Waals surface area (Å²) in [6.45, 7) is 0.553. The fourth-order valence-corrected chi connectivity index (χ4v) is 2.36. The van der Waals surface area contributed by atoms with Crippen molar-refractivity contribution >= 4 is 33.4 Å². The summed E-state index contributed by atoms with van der Waals surface area (Å²) in [6, 6.07) is 14.9. The predicted octanol–water partition coefficient (Wildman–Crippen LogP) is 4.37. The monoisotopic (exact) mass is 337 g/mol. The second kappa shape index (κ2) is 6.22. The minimum absolute atomic E-state index is 0.0116. The summed E-state index contributed by atoms with van der Waals surface area (Å²) in [5, 5.41) is 0.698. The van der Waals surface area contributed by atoms with E-state index >= 15 is 0 Å². The second-order valence-corrected chi connectivity index (χ2v) is 5.56. The van der Waals surface area contributed by atoms with E-state index in [0.717, 1.165) is 10.0 Å². The molecule has 0 fully saturated rings. The maximum atomic E-state index is 12.3. The van der Waals surface area contributed by atoms with Crippen LogP contribution in [0.2, 0.25) is 5.02 Å². The molecule has 0 aliphatic carbocycles. The Kier molecular flexibility index (Phi) is 4.61. The Bertz CT molecular complexity index is 583. The maximum Gasteiger partial charge on any atom is 0.255 e. The highest BCUT2D eigenvalue weighted by Crippen LogP contribution is 2.18. The van der Waals surface area contributed by atoms with Crippen molar-refractivity contribution in [3.8, 4) is 0 Å². The zero-order valence-electron chi connectivity index (χ0n) is 10.4. The number of benzene rings is 2. The van der Waals surface area contributed by atoms with E-state index in [1.54, 1.807) is 11.9 Å². The SMILES string of the molecule is CN(Cc1ccc(Cl)cc1)C(=O)c1ccccc1Br. The van der Waals surface area contributed by atoms with Crippen molar-refractivity contribution in [1.29, 1.82) is 0 Å². The standard InChI is InChI=1S/C15H13BrClNO/c1-18(10-11-6-8-12(17)9-7-11)15(19)13-4-2-3-5-14(13)16/h2-9H,10H2,1H3. The van der Waals surface area contributed by atoms with E-state index in [4.69, 9.17) is 11.6 Å². The van der Waals surface area contributed by atoms with Crippen molar-refractivity contribution in [1.82, 2.24) is 4.90 Å². The van der Waals surface area contributed by atoms with Crippen molar-refractivity contribution in [3.05, 3.63) is 69.2 Å². The molecule has 0 radical (unpaired) electrons. The zero-order valence-corrected chi connectivity index (χ0v) is 12.8. The van der Waals surface area contributed by atoms with Gasteiger partial charge in [-0.3, -0.25) is 4.79 Å². The molecule has 0 atom stereocenters. The first-order chi connectivity index (χ1) is 9.08. The Morgan fingerprint density at radius 1 is 1.16 bits per heavy atom. The van der Waals surface area contributed by atoms with Gasteiger partial charge in [-0.25, -0.2) is 0 Å². The number of rotatable bonds is 3. The highest BCUT2D eigenvalue weighted by Gasteiger charge is 2.14. The lowest BCUT2D eigenvalue weighted by Crippen LogP contribution is -2.26. The van der Waals surface area contributed by atoms with Gasteiger partial charge in [-0.2, -0.15) is 0 Å². The van der Waals surface area contributed by atoms with Gasteiger partial charge in [0, 0.05) is 23.1 Å². The summed E-state index contributed by atoms with van der Waals surface area (Å²) in [6.07, 6.45) is 0. The molecule has 4 heteroatoms. The van der Waals surface area contributed by atoms with Crippen LogP contribution < -0.4 is 0 Å². The summed E-state index contributed by atoms with van der Waals surface area (Å²) < 4.78 is 0.808. The smallest absolute Gasteiger partial charge is 0.255 e. The van der Waals surface area contributed by atoms with E-state index in [1.807, 2.05) is 48.5 Å². The number of carbonyl (C=O) groups excluding carboxylic acids is 1. The topological polar surface area (TPSA) is 20.3 Å². The molecule has 0 N–H and O–H groups in total. The predicted molar refractivity (Wildman–Crippen MR) is 81.4 cm³/mol. The molecule has 2 nitrogen and oxygen atoms in total. The molecule has 2 aromatic carbocycles. The van der Waals surface area contributed by atoms with Crippen molar-refractivity contribution in [2.75, 3.05) is 7.05 Å². The summed E-state index contributed by atoms with van der Waals surface area (Å²) in [7, 11) is 1.79. The number of carbonyl (C=O) groups is 1. The zero-order chi connectivity index (χ0) is 13.8. The average molecular weight is 339 g/mol. The molecule has 2 rings (SSSR count). The maximum absolute atomic E-state index is 12.3. The Balaban J connectivity index is 2.12. The van der Waals surface area contributed by atoms with E-state index in [0.29, 0.717) is 17.1 Å². The van der Waals surface area contributed by atoms with Gasteiger partial charge in [0.1, 0.15) is 0 Å². The molecule has 0 saturated carbocycles. The largest absolute Gasteiger partial charge is 0.337 e. The molecule has 98 valence electrons. The number of nitrogens with zero attached hydrogens (tertiary/aromatic N) is 1. The van der Waals surface area contributed by atoms with Crippen LogP contribution in [0, 0.1) is 0 Å². The normalized spacial score (nSPS) is 10.3. The number of amides is 1. The summed E-state index contributed by atoms with van der Waals surface area (Å²) in [5.41, 5.74) is 1.71. The molecule has 0 aromatic heterocycles. The van der Waals surface area contributed by atoms with Crippen LogP contribution >= 0.6 is 27.5 Å². The van der Waals surface area contributed by atoms with E-state index in [9.17, 15) is 4.79 Å². The fourth-order valence-electron chi connectivity index (χ4n) is 1.78. The van der Waals surface area contributed by atoms with Crippen LogP contribution in [-0.4, -0.2) is 17.9 Å². The number of hydrogen-bond donors (Lipinski definition) is 0. The lowest BCUT2D eigenvalue weighted by atomic mass is 10.1. The molecule has 0 unspecified atom stereocenters. The van der Waals surface area contributed by atoms with Crippen LogP contribution in [0.15, 0.2) is 53.0 Å². The van der Waals surface area contributed by atoms with Crippen LogP contribution in [-0.2, 0) is 6.54 Å². The van der Waals surface area contributed by atoms with Gasteiger partial charge in [-0.05, 0) is 45.8 Å². The molecule has 0 saturated heterocycles. The van der Waals surface area contributed by atoms with Gasteiger partial charge in [0.15, 0.2) is 0 Å². The third-order valence-electron chi connectivity index (χ3n) is 2.78. The summed E-state index contributed by atoms with van der Waals surface area (Å²) in [4.78, 5) is 14.0. The van der Waals surface area contributed by atoms with Gasteiger partial charge in [0.2, 0.25) is 0 Å². The third kappa shape index (κ3) is 3.58. The third-order valence-corrected chi connectivity index (χ3v) is 3.73. The Labute approximate surface area is 126 Å². The Hall–Kier alpha value is -1.32. The van der Waals surface area contributed by atoms with Gasteiger partial charge < -0.3 is 4.90 Å². The molecule has 0 aliphatic heterocycles. The minimum atomic E-state index is -0.0116. The number of halogens is 2. The Morgan fingerprint density at radius 2 is 1.79 bits per heavy atom. The van der Waals surface area contributed by atoms with E-state index in [2.05, 4.69) is 15.9 Å². The van der Waals surface area contributed by atoms with Crippen molar-refractivity contribution < 1.29 is 4.79 Å². The van der Waals surface area contributed by atoms with Crippen LogP contribution in [0.1, 0.15) is 15.9 Å². The quantitative estimate of drug-likeness (QED) is 0.813. The fraction of sp³-hybridized carbons (Fsp3) is 0.133. The van der Waals surface area contributed by atoms with Crippen molar-refractivity contribution in [2.24, 2.45) is 0 Å².